The molecule has 2 unspecified atom stereocenters. The normalized spacial score (nSPS) is 25.9. The Morgan fingerprint density at radius 1 is 1.25 bits per heavy atom. The molecule has 2 atom stereocenters. The molecule has 1 aromatic carbocycles. The molecule has 2 rings (SSSR count). The van der Waals surface area contributed by atoms with E-state index in [1.807, 2.05) is 0 Å². The van der Waals surface area contributed by atoms with Crippen molar-refractivity contribution < 1.29 is 18.3 Å². The molecule has 1 aliphatic carbocycles. The smallest absolute Gasteiger partial charge is 0.419 e. The molecule has 0 radical (unpaired) electrons. The van der Waals surface area contributed by atoms with Gasteiger partial charge >= 0.3 is 6.18 Å². The average molecular weight is 286 g/mol. The number of phenolic OH excluding ortho intramolecular Hbond substituents is 1. The number of para-hydroxylation sites is 1. The molecular weight excluding hydrogens is 269 g/mol. The number of nitrogens with two attached hydrogens (primary N) is 2. The van der Waals surface area contributed by atoms with Crippen molar-refractivity contribution >= 4 is 6.08 Å². The van der Waals surface area contributed by atoms with Crippen LogP contribution in [0.5, 0.6) is 5.75 Å². The molecule has 110 valence electrons. The zero-order valence-electron chi connectivity index (χ0n) is 10.8. The first-order valence-corrected chi connectivity index (χ1v) is 6.41. The third-order valence-electron chi connectivity index (χ3n) is 3.61. The lowest BCUT2D eigenvalue weighted by molar-refractivity contribution is -0.138. The van der Waals surface area contributed by atoms with Crippen LogP contribution in [0.3, 0.4) is 0 Å². The minimum absolute atomic E-state index is 0.124. The summed E-state index contributed by atoms with van der Waals surface area (Å²) in [6, 6.07) is 2.98. The quantitative estimate of drug-likeness (QED) is 0.743. The molecule has 5 N–H and O–H groups in total. The van der Waals surface area contributed by atoms with Gasteiger partial charge in [0.05, 0.1) is 5.56 Å². The average Bonchev–Trinajstić information content (AvgIpc) is 2.36. The summed E-state index contributed by atoms with van der Waals surface area (Å²) in [6.07, 6.45) is -0.726. The second-order valence-electron chi connectivity index (χ2n) is 5.04. The zero-order valence-corrected chi connectivity index (χ0v) is 10.8. The Balaban J connectivity index is 2.39. The number of hydrogen-bond donors (Lipinski definition) is 3. The van der Waals surface area contributed by atoms with Gasteiger partial charge in [-0.25, -0.2) is 0 Å². The van der Waals surface area contributed by atoms with Crippen LogP contribution in [0, 0.1) is 0 Å². The number of phenols is 1. The fourth-order valence-corrected chi connectivity index (χ4v) is 2.44. The monoisotopic (exact) mass is 286 g/mol. The Morgan fingerprint density at radius 2 is 1.95 bits per heavy atom. The van der Waals surface area contributed by atoms with E-state index in [0.29, 0.717) is 6.42 Å². The Kier molecular flexibility index (Phi) is 4.06. The fraction of sp³-hybridized carbons (Fsp3) is 0.429. The molecule has 0 heterocycles. The van der Waals surface area contributed by atoms with Gasteiger partial charge in [-0.2, -0.15) is 13.2 Å². The lowest BCUT2D eigenvalue weighted by atomic mass is 9.85. The van der Waals surface area contributed by atoms with Crippen molar-refractivity contribution in [3.8, 4) is 5.75 Å². The molecule has 0 spiro atoms. The summed E-state index contributed by atoms with van der Waals surface area (Å²) in [7, 11) is 0. The minimum Gasteiger partial charge on any atom is -0.507 e. The molecule has 0 amide bonds. The van der Waals surface area contributed by atoms with E-state index in [4.69, 9.17) is 11.5 Å². The standard InChI is InChI=1S/C14H17F3N2O/c15-14(16,17)10-5-1-4-9(13(10)20)7-8-3-2-6-11(18)12(8)19/h1,4-5,7,11-12,20H,2-3,6,18-19H2. The Labute approximate surface area is 115 Å². The number of aromatic hydroxyl groups is 1. The second-order valence-corrected chi connectivity index (χ2v) is 5.04. The SMILES string of the molecule is NC1CCCC(=Cc2cccc(C(F)(F)F)c2O)C1N. The van der Waals surface area contributed by atoms with E-state index in [9.17, 15) is 18.3 Å². The fourth-order valence-electron chi connectivity index (χ4n) is 2.44. The van der Waals surface area contributed by atoms with E-state index in [1.54, 1.807) is 0 Å². The Bertz CT molecular complexity index is 526. The first-order valence-electron chi connectivity index (χ1n) is 6.41. The maximum absolute atomic E-state index is 12.7. The van der Waals surface area contributed by atoms with Gasteiger partial charge in [-0.3, -0.25) is 0 Å². The van der Waals surface area contributed by atoms with Crippen molar-refractivity contribution in [2.75, 3.05) is 0 Å². The van der Waals surface area contributed by atoms with Gasteiger partial charge in [0, 0.05) is 17.6 Å². The summed E-state index contributed by atoms with van der Waals surface area (Å²) in [4.78, 5) is 0. The largest absolute Gasteiger partial charge is 0.507 e. The Hall–Kier alpha value is -1.53. The Morgan fingerprint density at radius 3 is 2.60 bits per heavy atom. The van der Waals surface area contributed by atoms with Gasteiger partial charge in [0.2, 0.25) is 0 Å². The topological polar surface area (TPSA) is 72.3 Å². The van der Waals surface area contributed by atoms with E-state index < -0.39 is 17.5 Å². The van der Waals surface area contributed by atoms with Crippen LogP contribution in [0.25, 0.3) is 6.08 Å². The van der Waals surface area contributed by atoms with Gasteiger partial charge in [-0.05, 0) is 25.3 Å². The number of alkyl halides is 3. The van der Waals surface area contributed by atoms with Gasteiger partial charge in [0.25, 0.3) is 0 Å². The molecule has 0 aromatic heterocycles. The van der Waals surface area contributed by atoms with Gasteiger partial charge in [-0.1, -0.05) is 23.8 Å². The third-order valence-corrected chi connectivity index (χ3v) is 3.61. The van der Waals surface area contributed by atoms with Crippen molar-refractivity contribution in [2.24, 2.45) is 11.5 Å². The predicted octanol–water partition coefficient (Wildman–Crippen LogP) is 2.63. The zero-order chi connectivity index (χ0) is 14.9. The molecule has 0 saturated heterocycles. The molecule has 1 aromatic rings. The van der Waals surface area contributed by atoms with Crippen molar-refractivity contribution in [3.05, 3.63) is 34.9 Å². The number of hydrogen-bond acceptors (Lipinski definition) is 3. The van der Waals surface area contributed by atoms with E-state index in [0.717, 1.165) is 24.5 Å². The summed E-state index contributed by atoms with van der Waals surface area (Å²) in [6.45, 7) is 0. The third kappa shape index (κ3) is 2.96. The molecule has 0 aliphatic heterocycles. The van der Waals surface area contributed by atoms with Gasteiger partial charge in [0.15, 0.2) is 0 Å². The molecule has 3 nitrogen and oxygen atoms in total. The van der Waals surface area contributed by atoms with Crippen LogP contribution >= 0.6 is 0 Å². The molecule has 1 fully saturated rings. The summed E-state index contributed by atoms with van der Waals surface area (Å²) >= 11 is 0. The highest BCUT2D eigenvalue weighted by atomic mass is 19.4. The number of benzene rings is 1. The molecule has 20 heavy (non-hydrogen) atoms. The van der Waals surface area contributed by atoms with Crippen LogP contribution in [0.4, 0.5) is 13.2 Å². The lowest BCUT2D eigenvalue weighted by Gasteiger charge is -2.28. The van der Waals surface area contributed by atoms with Gasteiger partial charge in [0.1, 0.15) is 5.75 Å². The van der Waals surface area contributed by atoms with Gasteiger partial charge in [-0.15, -0.1) is 0 Å². The molecule has 0 bridgehead atoms. The summed E-state index contributed by atoms with van der Waals surface area (Å²) in [5, 5.41) is 9.77. The van der Waals surface area contributed by atoms with Crippen molar-refractivity contribution in [2.45, 2.75) is 37.5 Å². The molecule has 1 saturated carbocycles. The molecular formula is C14H17F3N2O. The maximum Gasteiger partial charge on any atom is 0.419 e. The predicted molar refractivity (Wildman–Crippen MR) is 70.9 cm³/mol. The first-order chi connectivity index (χ1) is 9.30. The van der Waals surface area contributed by atoms with Gasteiger partial charge < -0.3 is 16.6 Å². The highest BCUT2D eigenvalue weighted by Crippen LogP contribution is 2.38. The van der Waals surface area contributed by atoms with Crippen LogP contribution in [-0.2, 0) is 6.18 Å². The van der Waals surface area contributed by atoms with Crippen molar-refractivity contribution in [3.63, 3.8) is 0 Å². The first kappa shape index (κ1) is 14.9. The van der Waals surface area contributed by atoms with Crippen LogP contribution < -0.4 is 11.5 Å². The van der Waals surface area contributed by atoms with Crippen LogP contribution in [-0.4, -0.2) is 17.2 Å². The summed E-state index contributed by atoms with van der Waals surface area (Å²) < 4.78 is 38.2. The van der Waals surface area contributed by atoms with Crippen molar-refractivity contribution in [1.29, 1.82) is 0 Å². The van der Waals surface area contributed by atoms with E-state index in [2.05, 4.69) is 0 Å². The van der Waals surface area contributed by atoms with Crippen molar-refractivity contribution in [1.82, 2.24) is 0 Å². The summed E-state index contributed by atoms with van der Waals surface area (Å²) in [5.41, 5.74) is 11.7. The van der Waals surface area contributed by atoms with Crippen LogP contribution in [0.2, 0.25) is 0 Å². The number of rotatable bonds is 1. The highest BCUT2D eigenvalue weighted by molar-refractivity contribution is 5.63. The second kappa shape index (κ2) is 5.46. The van der Waals surface area contributed by atoms with Crippen LogP contribution in [0.1, 0.15) is 30.4 Å². The highest BCUT2D eigenvalue weighted by Gasteiger charge is 2.34. The maximum atomic E-state index is 12.7. The van der Waals surface area contributed by atoms with E-state index in [-0.39, 0.29) is 17.6 Å². The minimum atomic E-state index is -4.58. The number of halogens is 3. The molecule has 6 heteroatoms. The molecule has 1 aliphatic rings. The lowest BCUT2D eigenvalue weighted by Crippen LogP contribution is -2.45. The van der Waals surface area contributed by atoms with E-state index >= 15 is 0 Å². The van der Waals surface area contributed by atoms with Crippen LogP contribution in [0.15, 0.2) is 23.8 Å². The summed E-state index contributed by atoms with van der Waals surface area (Å²) in [5.74, 6) is -0.765. The van der Waals surface area contributed by atoms with E-state index in [1.165, 1.54) is 18.2 Å².